The summed E-state index contributed by atoms with van der Waals surface area (Å²) in [5.74, 6) is 1.32. The van der Waals surface area contributed by atoms with Gasteiger partial charge in [0.25, 0.3) is 0 Å². The molecule has 6 heteroatoms. The van der Waals surface area contributed by atoms with Gasteiger partial charge in [-0.3, -0.25) is 4.79 Å². The number of rotatable bonds is 6. The van der Waals surface area contributed by atoms with Crippen LogP contribution in [-0.2, 0) is 17.6 Å². The van der Waals surface area contributed by atoms with E-state index in [1.54, 1.807) is 11.8 Å². The lowest BCUT2D eigenvalue weighted by molar-refractivity contribution is -0.118. The summed E-state index contributed by atoms with van der Waals surface area (Å²) in [5.41, 5.74) is 1.44. The SMILES string of the molecule is CCCCNC(=O)CSc1nc(C)nc2sc3c(c12)CCCC3. The molecule has 2 heterocycles. The van der Waals surface area contributed by atoms with Crippen molar-refractivity contribution >= 4 is 39.2 Å². The second-order valence-corrected chi connectivity index (χ2v) is 8.01. The maximum atomic E-state index is 12.0. The smallest absolute Gasteiger partial charge is 0.230 e. The second-order valence-electron chi connectivity index (χ2n) is 5.96. The van der Waals surface area contributed by atoms with Gasteiger partial charge in [0.15, 0.2) is 0 Å². The van der Waals surface area contributed by atoms with Crippen LogP contribution in [0.5, 0.6) is 0 Å². The van der Waals surface area contributed by atoms with Crippen LogP contribution in [0, 0.1) is 6.92 Å². The van der Waals surface area contributed by atoms with Gasteiger partial charge >= 0.3 is 0 Å². The number of hydrogen-bond acceptors (Lipinski definition) is 5. The first kappa shape index (κ1) is 16.7. The number of aryl methyl sites for hydroxylation is 3. The van der Waals surface area contributed by atoms with Crippen LogP contribution in [0.4, 0.5) is 0 Å². The van der Waals surface area contributed by atoms with Gasteiger partial charge in [0, 0.05) is 16.8 Å². The van der Waals surface area contributed by atoms with Gasteiger partial charge in [-0.2, -0.15) is 0 Å². The maximum Gasteiger partial charge on any atom is 0.230 e. The van der Waals surface area contributed by atoms with Gasteiger partial charge in [0.1, 0.15) is 15.7 Å². The highest BCUT2D eigenvalue weighted by atomic mass is 32.2. The molecule has 1 amide bonds. The molecule has 1 aliphatic rings. The second kappa shape index (κ2) is 7.62. The molecule has 2 aromatic rings. The Morgan fingerprint density at radius 2 is 2.13 bits per heavy atom. The minimum atomic E-state index is 0.0944. The molecule has 3 rings (SSSR count). The van der Waals surface area contributed by atoms with Crippen molar-refractivity contribution in [3.63, 3.8) is 0 Å². The average molecular weight is 350 g/mol. The summed E-state index contributed by atoms with van der Waals surface area (Å²) in [5, 5.41) is 5.17. The zero-order valence-corrected chi connectivity index (χ0v) is 15.4. The summed E-state index contributed by atoms with van der Waals surface area (Å²) >= 11 is 3.37. The summed E-state index contributed by atoms with van der Waals surface area (Å²) in [6.07, 6.45) is 6.93. The van der Waals surface area contributed by atoms with Crippen molar-refractivity contribution in [2.24, 2.45) is 0 Å². The molecule has 1 aliphatic carbocycles. The van der Waals surface area contributed by atoms with Crippen LogP contribution in [0.25, 0.3) is 10.2 Å². The van der Waals surface area contributed by atoms with E-state index in [2.05, 4.69) is 22.2 Å². The molecule has 2 aromatic heterocycles. The molecule has 0 unspecified atom stereocenters. The molecule has 0 bridgehead atoms. The van der Waals surface area contributed by atoms with Gasteiger partial charge in [-0.25, -0.2) is 9.97 Å². The van der Waals surface area contributed by atoms with E-state index in [0.29, 0.717) is 5.75 Å². The largest absolute Gasteiger partial charge is 0.355 e. The van der Waals surface area contributed by atoms with Crippen molar-refractivity contribution in [3.8, 4) is 0 Å². The molecule has 0 spiro atoms. The van der Waals surface area contributed by atoms with Gasteiger partial charge < -0.3 is 5.32 Å². The standard InChI is InChI=1S/C17H23N3OS2/c1-3-4-9-18-14(21)10-22-16-15-12-7-5-6-8-13(12)23-17(15)20-11(2)19-16/h3-10H2,1-2H3,(H,18,21). The zero-order chi connectivity index (χ0) is 16.2. The molecule has 1 N–H and O–H groups in total. The topological polar surface area (TPSA) is 54.9 Å². The fraction of sp³-hybridized carbons (Fsp3) is 0.588. The number of carbonyl (C=O) groups excluding carboxylic acids is 1. The number of amides is 1. The third-order valence-corrected chi connectivity index (χ3v) is 6.25. The Morgan fingerprint density at radius 1 is 1.30 bits per heavy atom. The van der Waals surface area contributed by atoms with E-state index in [1.807, 2.05) is 18.3 Å². The molecule has 0 aliphatic heterocycles. The monoisotopic (exact) mass is 349 g/mol. The van der Waals surface area contributed by atoms with Crippen molar-refractivity contribution < 1.29 is 4.79 Å². The minimum absolute atomic E-state index is 0.0944. The predicted octanol–water partition coefficient (Wildman–Crippen LogP) is 3.89. The first-order valence-corrected chi connectivity index (χ1v) is 10.2. The molecule has 0 atom stereocenters. The van der Waals surface area contributed by atoms with Crippen LogP contribution in [0.1, 0.15) is 48.9 Å². The van der Waals surface area contributed by atoms with E-state index in [0.717, 1.165) is 47.9 Å². The van der Waals surface area contributed by atoms with Crippen LogP contribution in [0.15, 0.2) is 5.03 Å². The molecule has 0 saturated heterocycles. The van der Waals surface area contributed by atoms with E-state index in [-0.39, 0.29) is 5.91 Å². The number of aromatic nitrogens is 2. The van der Waals surface area contributed by atoms with Crippen molar-refractivity contribution in [3.05, 3.63) is 16.3 Å². The Labute approximate surface area is 145 Å². The number of unbranched alkanes of at least 4 members (excludes halogenated alkanes) is 1. The lowest BCUT2D eigenvalue weighted by atomic mass is 9.97. The summed E-state index contributed by atoms with van der Waals surface area (Å²) in [4.78, 5) is 23.8. The zero-order valence-electron chi connectivity index (χ0n) is 13.8. The number of nitrogens with zero attached hydrogens (tertiary/aromatic N) is 2. The van der Waals surface area contributed by atoms with Gasteiger partial charge in [0.05, 0.1) is 5.75 Å². The van der Waals surface area contributed by atoms with Crippen LogP contribution in [0.3, 0.4) is 0 Å². The Morgan fingerprint density at radius 3 is 2.96 bits per heavy atom. The fourth-order valence-electron chi connectivity index (χ4n) is 2.92. The van der Waals surface area contributed by atoms with Crippen LogP contribution in [0.2, 0.25) is 0 Å². The molecule has 0 fully saturated rings. The number of hydrogen-bond donors (Lipinski definition) is 1. The number of thiophene rings is 1. The Bertz CT molecular complexity index is 711. The van der Waals surface area contributed by atoms with Crippen molar-refractivity contribution in [2.75, 3.05) is 12.3 Å². The van der Waals surface area contributed by atoms with E-state index < -0.39 is 0 Å². The molecular weight excluding hydrogens is 326 g/mol. The summed E-state index contributed by atoms with van der Waals surface area (Å²) in [6.45, 7) is 4.83. The fourth-order valence-corrected chi connectivity index (χ4v) is 5.22. The van der Waals surface area contributed by atoms with Crippen LogP contribution < -0.4 is 5.32 Å². The van der Waals surface area contributed by atoms with E-state index in [1.165, 1.54) is 28.7 Å². The third-order valence-electron chi connectivity index (χ3n) is 4.09. The molecule has 0 saturated carbocycles. The van der Waals surface area contributed by atoms with Gasteiger partial charge in [-0.05, 0) is 44.6 Å². The molecule has 23 heavy (non-hydrogen) atoms. The summed E-state index contributed by atoms with van der Waals surface area (Å²) < 4.78 is 0. The Balaban J connectivity index is 1.79. The number of thioether (sulfide) groups is 1. The quantitative estimate of drug-likeness (QED) is 0.488. The van der Waals surface area contributed by atoms with Crippen molar-refractivity contribution in [1.29, 1.82) is 0 Å². The van der Waals surface area contributed by atoms with Crippen molar-refractivity contribution in [1.82, 2.24) is 15.3 Å². The molecule has 0 radical (unpaired) electrons. The highest BCUT2D eigenvalue weighted by Gasteiger charge is 2.21. The van der Waals surface area contributed by atoms with Crippen LogP contribution in [-0.4, -0.2) is 28.2 Å². The highest BCUT2D eigenvalue weighted by molar-refractivity contribution is 8.00. The first-order chi connectivity index (χ1) is 11.2. The molecule has 4 nitrogen and oxygen atoms in total. The van der Waals surface area contributed by atoms with E-state index in [4.69, 9.17) is 0 Å². The predicted molar refractivity (Wildman–Crippen MR) is 97.4 cm³/mol. The van der Waals surface area contributed by atoms with E-state index >= 15 is 0 Å². The van der Waals surface area contributed by atoms with E-state index in [9.17, 15) is 4.79 Å². The van der Waals surface area contributed by atoms with Gasteiger partial charge in [0.2, 0.25) is 5.91 Å². The third kappa shape index (κ3) is 3.86. The van der Waals surface area contributed by atoms with Crippen molar-refractivity contribution in [2.45, 2.75) is 57.4 Å². The highest BCUT2D eigenvalue weighted by Crippen LogP contribution is 2.39. The maximum absolute atomic E-state index is 12.0. The average Bonchev–Trinajstić information content (AvgIpc) is 2.90. The Hall–Kier alpha value is -1.14. The van der Waals surface area contributed by atoms with Crippen LogP contribution >= 0.6 is 23.1 Å². The molecule has 0 aromatic carbocycles. The molecule has 124 valence electrons. The van der Waals surface area contributed by atoms with Gasteiger partial charge in [-0.1, -0.05) is 25.1 Å². The number of nitrogens with one attached hydrogen (secondary N) is 1. The lowest BCUT2D eigenvalue weighted by Crippen LogP contribution is -2.26. The Kier molecular flexibility index (Phi) is 5.54. The molecular formula is C17H23N3OS2. The number of carbonyl (C=O) groups is 1. The normalized spacial score (nSPS) is 14.0. The lowest BCUT2D eigenvalue weighted by Gasteiger charge is -2.11. The van der Waals surface area contributed by atoms with Gasteiger partial charge in [-0.15, -0.1) is 11.3 Å². The number of fused-ring (bicyclic) bond motifs is 3. The summed E-state index contributed by atoms with van der Waals surface area (Å²) in [6, 6.07) is 0. The first-order valence-electron chi connectivity index (χ1n) is 8.37. The minimum Gasteiger partial charge on any atom is -0.355 e. The summed E-state index contributed by atoms with van der Waals surface area (Å²) in [7, 11) is 0.